The van der Waals surface area contributed by atoms with Crippen molar-refractivity contribution >= 4 is 85.8 Å². The molecule has 14 aromatic heterocycles. The summed E-state index contributed by atoms with van der Waals surface area (Å²) in [6.07, 6.45) is 36.3. The lowest BCUT2D eigenvalue weighted by Crippen LogP contribution is -2.37. The van der Waals surface area contributed by atoms with E-state index in [-0.39, 0.29) is 62.3 Å². The SMILES string of the molecule is C=C1NC2(CC2)COc2ccc(F)cc2C2(CC2)N(C)c2ccn3ncc1c3n2.C=C1NC2(CC2)COc2ncc(F)cc2[C@@]23C[C@@H]2CCN3c2ccn3ncc1c3n2.C=C1NCCOc2ncc(F)cc2C2(CC2)N(C)c2ccn3ncc1c3n2.C=C1NCCOc2ncc(F)cc2C2(CC2)N(CC)c2ccn3ncc1c3n2.C=C1NCCOc2ncc(F)cc2C2(CC2)Nc2ccn3ncc1c3n2. The minimum absolute atomic E-state index is 0.148. The quantitative estimate of drug-likeness (QED) is 0.0832. The third-order valence-electron chi connectivity index (χ3n) is 29.6. The molecule has 34 nitrogen and oxygen atoms in total. The predicted octanol–water partition coefficient (Wildman–Crippen LogP) is 13.7. The Balaban J connectivity index is 0.0000000950. The molecule has 6 aliphatic heterocycles. The molecule has 7 aliphatic carbocycles. The first kappa shape index (κ1) is 87.1. The van der Waals surface area contributed by atoms with Gasteiger partial charge in [-0.05, 0) is 176 Å². The number of benzene rings is 1. The van der Waals surface area contributed by atoms with Crippen molar-refractivity contribution in [2.45, 2.75) is 136 Å². The fourth-order valence-corrected chi connectivity index (χ4v) is 20.9. The minimum atomic E-state index is -0.408. The van der Waals surface area contributed by atoms with Gasteiger partial charge in [0.2, 0.25) is 23.5 Å². The van der Waals surface area contributed by atoms with Crippen LogP contribution in [0.25, 0.3) is 56.7 Å². The molecule has 1 saturated heterocycles. The Bertz CT molecular complexity index is 7600. The third-order valence-corrected chi connectivity index (χ3v) is 29.6. The number of fused-ring (bicyclic) bond motifs is 15. The van der Waals surface area contributed by atoms with Crippen molar-refractivity contribution < 1.29 is 45.6 Å². The molecule has 140 heavy (non-hydrogen) atoms. The van der Waals surface area contributed by atoms with Crippen LogP contribution in [0.5, 0.6) is 29.3 Å². The van der Waals surface area contributed by atoms with Crippen LogP contribution in [-0.4, -0.2) is 184 Å². The first-order valence-electron chi connectivity index (χ1n) is 47.3. The summed E-state index contributed by atoms with van der Waals surface area (Å²) >= 11 is 0. The molecule has 20 heterocycles. The molecular formula is C101H100F5N29O5. The summed E-state index contributed by atoms with van der Waals surface area (Å²) in [6, 6.07) is 20.7. The number of anilines is 5. The first-order valence-corrected chi connectivity index (χ1v) is 47.3. The van der Waals surface area contributed by atoms with Crippen molar-refractivity contribution in [3.8, 4) is 29.3 Å². The zero-order valence-electron chi connectivity index (χ0n) is 77.3. The number of hydrogen-bond donors (Lipinski definition) is 6. The number of halogens is 5. The molecule has 0 amide bonds. The van der Waals surface area contributed by atoms with Gasteiger partial charge < -0.3 is 75.2 Å². The maximum Gasteiger partial charge on any atom is 0.219 e. The van der Waals surface area contributed by atoms with E-state index in [1.54, 1.807) is 71.6 Å². The van der Waals surface area contributed by atoms with Crippen molar-refractivity contribution in [3.05, 3.63) is 277 Å². The highest BCUT2D eigenvalue weighted by atomic mass is 19.1. The van der Waals surface area contributed by atoms with Gasteiger partial charge in [-0.3, -0.25) is 0 Å². The Morgan fingerprint density at radius 1 is 0.379 bits per heavy atom. The van der Waals surface area contributed by atoms with E-state index in [0.717, 1.165) is 239 Å². The van der Waals surface area contributed by atoms with Crippen LogP contribution in [0.15, 0.2) is 192 Å². The maximum atomic E-state index is 14.3. The standard InChI is InChI=1S/C22H21FN6O.C22H22FN5O.C20H21FN6O.C19H19FN6O.C18H17FN6O/c1-13-16-11-25-29-7-3-18(26-19(16)29)28-6-2-14-9-22(14,28)17-8-15(23)10-24-20(17)30-12-21(27-13)4-5-21;1-14-16-12-24-28-10-5-19(25-20(16)28)27(2)22(8-9-22)17-11-15(23)3-4-18(17)29-13-21(26-14)6-7-21;1-3-26-17-4-8-27-18(25-17)15(12-24-27)13(2)22-7-9-28-19-16(20(26)5-6-20)10-14(21)11-23-19;1-12-14-11-23-26-7-3-16(24-17(14)26)25(2)19(4-5-19)15-9-13(20)10-22-18(15)27-8-6-21-12;1-11-13-10-22-25-6-2-15(23-16(13)25)24-18(3-4-18)14-8-12(19)9-21-17(14)26-7-5-20-11/h3,7-8,10-11,14,27H,1-2,4-6,9,12H2;3-5,10-12,26H,1,6-9,13H2,2H3;4,8,10-12,22H,2-3,5-7,9H2,1H3;3,7,9-11,21H,1,4-6,8H2,2H3;2,6,8-10,20H,1,3-5,7H2,(H,23,24)/t14-,22+;;;;/m0..../s1. The minimum Gasteiger partial charge on any atom is -0.491 e. The first-order chi connectivity index (χ1) is 67.9. The van der Waals surface area contributed by atoms with E-state index in [1.807, 2.05) is 81.6 Å². The number of aromatic nitrogens is 19. The van der Waals surface area contributed by atoms with E-state index < -0.39 is 5.54 Å². The van der Waals surface area contributed by atoms with E-state index >= 15 is 0 Å². The molecule has 8 fully saturated rings. The topological polar surface area (TPSA) is 334 Å². The molecule has 7 spiro atoms. The van der Waals surface area contributed by atoms with Gasteiger partial charge in [0.05, 0.1) is 122 Å². The van der Waals surface area contributed by atoms with E-state index in [0.29, 0.717) is 93.6 Å². The van der Waals surface area contributed by atoms with Gasteiger partial charge in [-0.25, -0.2) is 89.4 Å². The Kier molecular flexibility index (Phi) is 20.5. The lowest BCUT2D eigenvalue weighted by atomic mass is 10.0. The average Bonchev–Trinajstić information content (AvgIpc) is 1.52. The summed E-state index contributed by atoms with van der Waals surface area (Å²) in [5.41, 5.74) is 13.7. The number of nitrogens with zero attached hydrogens (tertiary/aromatic N) is 23. The smallest absolute Gasteiger partial charge is 0.219 e. The van der Waals surface area contributed by atoms with Crippen LogP contribution in [0.1, 0.15) is 152 Å². The summed E-state index contributed by atoms with van der Waals surface area (Å²) in [6.45, 7) is 28.2. The fraction of sp³-hybridized carbons (Fsp3) is 0.347. The molecule has 10 bridgehead atoms. The summed E-state index contributed by atoms with van der Waals surface area (Å²) in [5, 5.41) is 42.2. The van der Waals surface area contributed by atoms with Gasteiger partial charge in [0.25, 0.3) is 0 Å². The molecule has 7 saturated carbocycles. The molecule has 13 aliphatic rings. The summed E-state index contributed by atoms with van der Waals surface area (Å²) in [7, 11) is 3.99. The molecule has 15 aromatic rings. The van der Waals surface area contributed by atoms with E-state index in [1.165, 1.54) is 43.0 Å². The van der Waals surface area contributed by atoms with E-state index in [4.69, 9.17) is 48.6 Å². The maximum absolute atomic E-state index is 14.3. The second-order valence-corrected chi connectivity index (χ2v) is 38.3. The van der Waals surface area contributed by atoms with Gasteiger partial charge in [0.1, 0.15) is 97.0 Å². The van der Waals surface area contributed by atoms with Gasteiger partial charge in [-0.2, -0.15) is 25.5 Å². The lowest BCUT2D eigenvalue weighted by Gasteiger charge is -2.33. The Hall–Kier alpha value is -15.7. The molecule has 28 rings (SSSR count). The Morgan fingerprint density at radius 3 is 1.22 bits per heavy atom. The van der Waals surface area contributed by atoms with Crippen LogP contribution >= 0.6 is 0 Å². The predicted molar refractivity (Wildman–Crippen MR) is 514 cm³/mol. The number of hydrogen-bond acceptors (Lipinski definition) is 29. The average molecular weight is 1900 g/mol. The number of piperidine rings is 1. The highest BCUT2D eigenvalue weighted by Gasteiger charge is 2.66. The van der Waals surface area contributed by atoms with Gasteiger partial charge in [0.15, 0.2) is 28.2 Å². The second kappa shape index (κ2) is 33.0. The van der Waals surface area contributed by atoms with Crippen LogP contribution in [0.4, 0.5) is 51.0 Å². The normalized spacial score (nSPS) is 20.9. The molecule has 0 radical (unpaired) electrons. The Labute approximate surface area is 799 Å². The van der Waals surface area contributed by atoms with Crippen molar-refractivity contribution in [1.29, 1.82) is 0 Å². The third kappa shape index (κ3) is 15.3. The van der Waals surface area contributed by atoms with Crippen LogP contribution in [0.3, 0.4) is 0 Å². The molecule has 39 heteroatoms. The van der Waals surface area contributed by atoms with Crippen LogP contribution < -0.4 is 75.2 Å². The highest BCUT2D eigenvalue weighted by Crippen LogP contribution is 2.66. The summed E-state index contributed by atoms with van der Waals surface area (Å²) in [5.74, 6) is 5.44. The van der Waals surface area contributed by atoms with Crippen molar-refractivity contribution in [3.63, 3.8) is 0 Å². The molecule has 2 atom stereocenters. The van der Waals surface area contributed by atoms with Crippen LogP contribution in [-0.2, 0) is 27.7 Å². The number of nitrogens with one attached hydrogen (secondary N) is 6. The Morgan fingerprint density at radius 2 is 0.764 bits per heavy atom. The van der Waals surface area contributed by atoms with Gasteiger partial charge in [0, 0.05) is 134 Å². The number of ether oxygens (including phenoxy) is 5. The van der Waals surface area contributed by atoms with Crippen molar-refractivity contribution in [2.24, 2.45) is 5.92 Å². The molecular weight excluding hydrogens is 1790 g/mol. The molecule has 714 valence electrons. The largest absolute Gasteiger partial charge is 0.491 e. The number of rotatable bonds is 1. The monoisotopic (exact) mass is 1890 g/mol. The van der Waals surface area contributed by atoms with Gasteiger partial charge in [-0.1, -0.05) is 32.9 Å². The van der Waals surface area contributed by atoms with Gasteiger partial charge in [-0.15, -0.1) is 0 Å². The van der Waals surface area contributed by atoms with Gasteiger partial charge >= 0.3 is 0 Å². The highest BCUT2D eigenvalue weighted by molar-refractivity contribution is 5.79. The summed E-state index contributed by atoms with van der Waals surface area (Å²) in [4.78, 5) is 50.0. The molecule has 1 aromatic carbocycles. The van der Waals surface area contributed by atoms with E-state index in [9.17, 15) is 22.0 Å². The van der Waals surface area contributed by atoms with Crippen molar-refractivity contribution in [2.75, 3.05) is 105 Å². The molecule has 6 N–H and O–H groups in total. The lowest BCUT2D eigenvalue weighted by molar-refractivity contribution is 0.251. The number of pyridine rings is 4. The summed E-state index contributed by atoms with van der Waals surface area (Å²) < 4.78 is 109. The zero-order valence-corrected chi connectivity index (χ0v) is 77.3. The van der Waals surface area contributed by atoms with Crippen LogP contribution in [0, 0.1) is 35.0 Å². The second-order valence-electron chi connectivity index (χ2n) is 38.3. The fourth-order valence-electron chi connectivity index (χ4n) is 20.9. The van der Waals surface area contributed by atoms with E-state index in [2.05, 4.69) is 137 Å². The van der Waals surface area contributed by atoms with Crippen LogP contribution in [0.2, 0.25) is 0 Å². The molecule has 0 unspecified atom stereocenters. The van der Waals surface area contributed by atoms with Crippen molar-refractivity contribution in [1.82, 2.24) is 120 Å². The zero-order chi connectivity index (χ0) is 95.5.